The molecule has 0 spiro atoms. The van der Waals surface area contributed by atoms with Gasteiger partial charge in [0.15, 0.2) is 0 Å². The average Bonchev–Trinajstić information content (AvgIpc) is 2.55. The number of piperidine rings is 1. The van der Waals surface area contributed by atoms with Gasteiger partial charge in [0, 0.05) is 12.1 Å². The molecule has 1 aliphatic carbocycles. The monoisotopic (exact) mass is 294 g/mol. The Labute approximate surface area is 133 Å². The van der Waals surface area contributed by atoms with Crippen molar-refractivity contribution in [2.75, 3.05) is 20.1 Å². The van der Waals surface area contributed by atoms with Gasteiger partial charge in [-0.2, -0.15) is 0 Å². The van der Waals surface area contributed by atoms with Crippen LogP contribution in [0.2, 0.25) is 0 Å². The summed E-state index contributed by atoms with van der Waals surface area (Å²) in [5.41, 5.74) is 0.656. The van der Waals surface area contributed by atoms with Crippen LogP contribution in [0.1, 0.15) is 78.6 Å². The number of nitrogens with zero attached hydrogens (tertiary/aromatic N) is 1. The molecule has 3 unspecified atom stereocenters. The van der Waals surface area contributed by atoms with Crippen LogP contribution in [-0.2, 0) is 0 Å². The smallest absolute Gasteiger partial charge is 0.0251 e. The number of likely N-dealkylation sites (N-methyl/N-ethyl adjacent to an activating group) is 1. The average molecular weight is 295 g/mol. The van der Waals surface area contributed by atoms with Crippen LogP contribution in [0.25, 0.3) is 0 Å². The highest BCUT2D eigenvalue weighted by molar-refractivity contribution is 4.94. The van der Waals surface area contributed by atoms with E-state index in [9.17, 15) is 0 Å². The van der Waals surface area contributed by atoms with Crippen molar-refractivity contribution in [1.82, 2.24) is 10.2 Å². The first-order valence-electron chi connectivity index (χ1n) is 9.59. The van der Waals surface area contributed by atoms with E-state index in [4.69, 9.17) is 0 Å². The molecule has 0 aromatic carbocycles. The third kappa shape index (κ3) is 4.01. The third-order valence-corrected chi connectivity index (χ3v) is 6.82. The maximum absolute atomic E-state index is 3.62. The Balaban J connectivity index is 1.95. The minimum absolute atomic E-state index is 0.656. The zero-order valence-corrected chi connectivity index (χ0v) is 15.0. The Kier molecular flexibility index (Phi) is 6.55. The van der Waals surface area contributed by atoms with Gasteiger partial charge in [0.2, 0.25) is 0 Å². The lowest BCUT2D eigenvalue weighted by atomic mass is 9.72. The summed E-state index contributed by atoms with van der Waals surface area (Å²) >= 11 is 0. The number of likely N-dealkylation sites (tertiary alicyclic amines) is 1. The molecule has 0 bridgehead atoms. The van der Waals surface area contributed by atoms with Crippen LogP contribution < -0.4 is 5.32 Å². The molecule has 2 aliphatic rings. The van der Waals surface area contributed by atoms with E-state index in [2.05, 4.69) is 38.0 Å². The summed E-state index contributed by atoms with van der Waals surface area (Å²) in [7, 11) is 2.17. The number of hydrogen-bond donors (Lipinski definition) is 1. The first-order chi connectivity index (χ1) is 10.2. The predicted octanol–water partition coefficient (Wildman–Crippen LogP) is 4.45. The summed E-state index contributed by atoms with van der Waals surface area (Å²) in [6, 6.07) is 1.53. The van der Waals surface area contributed by atoms with E-state index < -0.39 is 0 Å². The SMILES string of the molecule is CCCC1CCC(NC)C(N2CCC(CC)(CC)CC2)C1. The zero-order chi connectivity index (χ0) is 15.3. The summed E-state index contributed by atoms with van der Waals surface area (Å²) in [6.45, 7) is 9.81. The molecule has 2 rings (SSSR count). The van der Waals surface area contributed by atoms with Crippen LogP contribution in [0.3, 0.4) is 0 Å². The first-order valence-corrected chi connectivity index (χ1v) is 9.59. The Morgan fingerprint density at radius 1 is 1.05 bits per heavy atom. The van der Waals surface area contributed by atoms with Crippen molar-refractivity contribution in [3.63, 3.8) is 0 Å². The minimum Gasteiger partial charge on any atom is -0.315 e. The normalized spacial score (nSPS) is 34.0. The molecule has 3 atom stereocenters. The molecule has 1 heterocycles. The fourth-order valence-corrected chi connectivity index (χ4v) is 4.93. The molecule has 0 amide bonds. The number of hydrogen-bond acceptors (Lipinski definition) is 2. The van der Waals surface area contributed by atoms with Crippen molar-refractivity contribution < 1.29 is 0 Å². The standard InChI is InChI=1S/C19H38N2/c1-5-8-16-9-10-17(20-4)18(15-16)21-13-11-19(6-2,7-3)12-14-21/h16-18,20H,5-15H2,1-4H3. The minimum atomic E-state index is 0.656. The van der Waals surface area contributed by atoms with Gasteiger partial charge < -0.3 is 5.32 Å². The highest BCUT2D eigenvalue weighted by Crippen LogP contribution is 2.40. The van der Waals surface area contributed by atoms with Crippen molar-refractivity contribution in [2.45, 2.75) is 90.6 Å². The van der Waals surface area contributed by atoms with Gasteiger partial charge in [-0.25, -0.2) is 0 Å². The molecule has 1 saturated carbocycles. The van der Waals surface area contributed by atoms with E-state index >= 15 is 0 Å². The summed E-state index contributed by atoms with van der Waals surface area (Å²) in [5, 5.41) is 3.62. The molecule has 2 fully saturated rings. The lowest BCUT2D eigenvalue weighted by molar-refractivity contribution is 0.0291. The van der Waals surface area contributed by atoms with Crippen LogP contribution in [0.15, 0.2) is 0 Å². The molecule has 0 radical (unpaired) electrons. The largest absolute Gasteiger partial charge is 0.315 e. The molecule has 2 heteroatoms. The first kappa shape index (κ1) is 17.3. The highest BCUT2D eigenvalue weighted by atomic mass is 15.2. The fourth-order valence-electron chi connectivity index (χ4n) is 4.93. The van der Waals surface area contributed by atoms with E-state index in [1.165, 1.54) is 70.9 Å². The van der Waals surface area contributed by atoms with Gasteiger partial charge in [0.05, 0.1) is 0 Å². The highest BCUT2D eigenvalue weighted by Gasteiger charge is 2.38. The molecular weight excluding hydrogens is 256 g/mol. The molecule has 1 N–H and O–H groups in total. The van der Waals surface area contributed by atoms with Gasteiger partial charge in [0.25, 0.3) is 0 Å². The van der Waals surface area contributed by atoms with Crippen molar-refractivity contribution >= 4 is 0 Å². The molecular formula is C19H38N2. The summed E-state index contributed by atoms with van der Waals surface area (Å²) in [6.07, 6.45) is 12.6. The van der Waals surface area contributed by atoms with Crippen molar-refractivity contribution in [3.05, 3.63) is 0 Å². The second-order valence-electron chi connectivity index (χ2n) is 7.67. The van der Waals surface area contributed by atoms with Gasteiger partial charge in [-0.3, -0.25) is 4.90 Å². The summed E-state index contributed by atoms with van der Waals surface area (Å²) in [4.78, 5) is 2.84. The molecule has 21 heavy (non-hydrogen) atoms. The van der Waals surface area contributed by atoms with Crippen LogP contribution >= 0.6 is 0 Å². The Morgan fingerprint density at radius 3 is 2.24 bits per heavy atom. The van der Waals surface area contributed by atoms with E-state index in [-0.39, 0.29) is 0 Å². The van der Waals surface area contributed by atoms with E-state index in [0.717, 1.165) is 18.0 Å². The number of rotatable bonds is 6. The summed E-state index contributed by atoms with van der Waals surface area (Å²) < 4.78 is 0. The Morgan fingerprint density at radius 2 is 1.71 bits per heavy atom. The molecule has 1 aliphatic heterocycles. The van der Waals surface area contributed by atoms with E-state index in [0.29, 0.717) is 5.41 Å². The molecule has 0 aromatic rings. The third-order valence-electron chi connectivity index (χ3n) is 6.82. The molecule has 2 nitrogen and oxygen atoms in total. The molecule has 0 aromatic heterocycles. The maximum Gasteiger partial charge on any atom is 0.0251 e. The maximum atomic E-state index is 3.62. The lowest BCUT2D eigenvalue weighted by Crippen LogP contribution is -2.55. The topological polar surface area (TPSA) is 15.3 Å². The van der Waals surface area contributed by atoms with Crippen LogP contribution in [0.5, 0.6) is 0 Å². The Hall–Kier alpha value is -0.0800. The molecule has 124 valence electrons. The lowest BCUT2D eigenvalue weighted by Gasteiger charge is -2.48. The van der Waals surface area contributed by atoms with Gasteiger partial charge in [-0.15, -0.1) is 0 Å². The van der Waals surface area contributed by atoms with Gasteiger partial charge in [0.1, 0.15) is 0 Å². The van der Waals surface area contributed by atoms with Crippen LogP contribution in [-0.4, -0.2) is 37.1 Å². The van der Waals surface area contributed by atoms with E-state index in [1.54, 1.807) is 0 Å². The second-order valence-corrected chi connectivity index (χ2v) is 7.67. The predicted molar refractivity (Wildman–Crippen MR) is 92.7 cm³/mol. The van der Waals surface area contributed by atoms with Gasteiger partial charge >= 0.3 is 0 Å². The van der Waals surface area contributed by atoms with Crippen molar-refractivity contribution in [1.29, 1.82) is 0 Å². The fraction of sp³-hybridized carbons (Fsp3) is 1.00. The Bertz CT molecular complexity index is 288. The van der Waals surface area contributed by atoms with Gasteiger partial charge in [-0.1, -0.05) is 46.5 Å². The van der Waals surface area contributed by atoms with Crippen molar-refractivity contribution in [3.8, 4) is 0 Å². The van der Waals surface area contributed by atoms with Crippen LogP contribution in [0.4, 0.5) is 0 Å². The number of nitrogens with one attached hydrogen (secondary N) is 1. The van der Waals surface area contributed by atoms with Gasteiger partial charge in [-0.05, 0) is 63.6 Å². The summed E-state index contributed by atoms with van der Waals surface area (Å²) in [5.74, 6) is 0.980. The van der Waals surface area contributed by atoms with Crippen molar-refractivity contribution in [2.24, 2.45) is 11.3 Å². The van der Waals surface area contributed by atoms with E-state index in [1.807, 2.05) is 0 Å². The molecule has 1 saturated heterocycles. The zero-order valence-electron chi connectivity index (χ0n) is 15.0. The van der Waals surface area contributed by atoms with Crippen LogP contribution in [0, 0.1) is 11.3 Å². The second kappa shape index (κ2) is 7.97. The quantitative estimate of drug-likeness (QED) is 0.779.